The van der Waals surface area contributed by atoms with Crippen LogP contribution < -0.4 is 5.32 Å². The molecule has 1 heterocycles. The summed E-state index contributed by atoms with van der Waals surface area (Å²) in [6.45, 7) is 0.245. The number of hydrogen-bond acceptors (Lipinski definition) is 5. The second kappa shape index (κ2) is 5.31. The molecule has 0 aliphatic rings. The lowest BCUT2D eigenvalue weighted by Gasteiger charge is -2.07. The minimum absolute atomic E-state index is 0.151. The topological polar surface area (TPSA) is 85.9 Å². The second-order valence-electron chi connectivity index (χ2n) is 3.75. The van der Waals surface area contributed by atoms with Crippen molar-refractivity contribution < 1.29 is 9.31 Å². The van der Waals surface area contributed by atoms with Crippen LogP contribution in [0.25, 0.3) is 0 Å². The standard InChI is InChI=1S/C10H9BrFN5O2/c1-16-5-14-15-10(16)4-13-8-2-6(11)7(12)3-9(8)17(18)19/h2-3,5,13H,4H2,1H3. The van der Waals surface area contributed by atoms with Crippen molar-refractivity contribution in [3.05, 3.63) is 44.7 Å². The number of aromatic nitrogens is 3. The summed E-state index contributed by atoms with van der Waals surface area (Å²) in [5.74, 6) is -0.0781. The van der Waals surface area contributed by atoms with E-state index in [1.54, 1.807) is 11.6 Å². The summed E-state index contributed by atoms with van der Waals surface area (Å²) >= 11 is 2.99. The Bertz CT molecular complexity index is 630. The van der Waals surface area contributed by atoms with Crippen LogP contribution in [0.2, 0.25) is 0 Å². The molecule has 2 aromatic rings. The molecule has 0 amide bonds. The molecule has 0 saturated heterocycles. The van der Waals surface area contributed by atoms with Crippen LogP contribution in [0.15, 0.2) is 22.9 Å². The Morgan fingerprint density at radius 1 is 1.58 bits per heavy atom. The van der Waals surface area contributed by atoms with Crippen LogP contribution in [0, 0.1) is 15.9 Å². The Labute approximate surface area is 115 Å². The van der Waals surface area contributed by atoms with Crippen LogP contribution in [0.3, 0.4) is 0 Å². The van der Waals surface area contributed by atoms with E-state index in [0.29, 0.717) is 5.82 Å². The van der Waals surface area contributed by atoms with Crippen LogP contribution in [0.4, 0.5) is 15.8 Å². The SMILES string of the molecule is Cn1cnnc1CNc1cc(Br)c(F)cc1[N+](=O)[O-]. The first-order chi connectivity index (χ1) is 8.99. The number of rotatable bonds is 4. The highest BCUT2D eigenvalue weighted by Gasteiger charge is 2.17. The van der Waals surface area contributed by atoms with E-state index in [2.05, 4.69) is 31.4 Å². The molecule has 19 heavy (non-hydrogen) atoms. The molecule has 1 N–H and O–H groups in total. The van der Waals surface area contributed by atoms with Gasteiger partial charge in [0.05, 0.1) is 22.0 Å². The molecular weight excluding hydrogens is 321 g/mol. The predicted octanol–water partition coefficient (Wildman–Crippen LogP) is 2.24. The number of nitro groups is 1. The van der Waals surface area contributed by atoms with Crippen molar-refractivity contribution in [1.82, 2.24) is 14.8 Å². The average Bonchev–Trinajstić information content (AvgIpc) is 2.75. The average molecular weight is 330 g/mol. The smallest absolute Gasteiger partial charge is 0.295 e. The van der Waals surface area contributed by atoms with E-state index in [4.69, 9.17) is 0 Å². The van der Waals surface area contributed by atoms with E-state index < -0.39 is 10.7 Å². The van der Waals surface area contributed by atoms with Gasteiger partial charge < -0.3 is 9.88 Å². The maximum Gasteiger partial charge on any atom is 0.295 e. The molecule has 9 heteroatoms. The zero-order valence-electron chi connectivity index (χ0n) is 9.80. The number of benzene rings is 1. The summed E-state index contributed by atoms with van der Waals surface area (Å²) in [6.07, 6.45) is 1.52. The van der Waals surface area contributed by atoms with Gasteiger partial charge in [-0.05, 0) is 22.0 Å². The van der Waals surface area contributed by atoms with Gasteiger partial charge in [0, 0.05) is 7.05 Å². The lowest BCUT2D eigenvalue weighted by atomic mass is 10.2. The Morgan fingerprint density at radius 3 is 2.89 bits per heavy atom. The second-order valence-corrected chi connectivity index (χ2v) is 4.61. The van der Waals surface area contributed by atoms with Gasteiger partial charge in [0.1, 0.15) is 17.8 Å². The molecule has 7 nitrogen and oxygen atoms in total. The largest absolute Gasteiger partial charge is 0.372 e. The van der Waals surface area contributed by atoms with E-state index in [1.807, 2.05) is 0 Å². The van der Waals surface area contributed by atoms with Gasteiger partial charge in [-0.2, -0.15) is 0 Å². The van der Waals surface area contributed by atoms with Crippen LogP contribution in [0.1, 0.15) is 5.82 Å². The first kappa shape index (κ1) is 13.4. The van der Waals surface area contributed by atoms with Crippen LogP contribution in [0.5, 0.6) is 0 Å². The normalized spacial score (nSPS) is 10.5. The van der Waals surface area contributed by atoms with Gasteiger partial charge in [-0.25, -0.2) is 4.39 Å². The van der Waals surface area contributed by atoms with Crippen molar-refractivity contribution in [2.45, 2.75) is 6.54 Å². The molecule has 1 aromatic carbocycles. The summed E-state index contributed by atoms with van der Waals surface area (Å²) in [7, 11) is 1.76. The summed E-state index contributed by atoms with van der Waals surface area (Å²) < 4.78 is 15.1. The highest BCUT2D eigenvalue weighted by atomic mass is 79.9. The summed E-state index contributed by atoms with van der Waals surface area (Å²) in [6, 6.07) is 2.19. The third kappa shape index (κ3) is 2.87. The summed E-state index contributed by atoms with van der Waals surface area (Å²) in [5, 5.41) is 21.2. The van der Waals surface area contributed by atoms with E-state index >= 15 is 0 Å². The maximum atomic E-state index is 13.3. The zero-order chi connectivity index (χ0) is 14.0. The Kier molecular flexibility index (Phi) is 3.74. The fraction of sp³-hybridized carbons (Fsp3) is 0.200. The minimum atomic E-state index is -0.684. The molecule has 0 aliphatic carbocycles. The van der Waals surface area contributed by atoms with Crippen molar-refractivity contribution in [3.63, 3.8) is 0 Å². The quantitative estimate of drug-likeness (QED) is 0.686. The van der Waals surface area contributed by atoms with Gasteiger partial charge in [-0.15, -0.1) is 10.2 Å². The number of nitrogens with zero attached hydrogens (tertiary/aromatic N) is 4. The first-order valence-corrected chi connectivity index (χ1v) is 5.98. The number of nitro benzene ring substituents is 1. The Hall–Kier alpha value is -2.03. The molecule has 0 spiro atoms. The predicted molar refractivity (Wildman–Crippen MR) is 69.1 cm³/mol. The molecule has 0 atom stereocenters. The maximum absolute atomic E-state index is 13.3. The van der Waals surface area contributed by atoms with Crippen molar-refractivity contribution in [1.29, 1.82) is 0 Å². The van der Waals surface area contributed by atoms with Gasteiger partial charge in [-0.1, -0.05) is 0 Å². The summed E-state index contributed by atoms with van der Waals surface area (Å²) in [5.41, 5.74) is -0.121. The fourth-order valence-corrected chi connectivity index (χ4v) is 1.81. The van der Waals surface area contributed by atoms with Gasteiger partial charge in [0.25, 0.3) is 5.69 Å². The zero-order valence-corrected chi connectivity index (χ0v) is 11.4. The molecule has 0 saturated carbocycles. The summed E-state index contributed by atoms with van der Waals surface area (Å²) in [4.78, 5) is 10.2. The van der Waals surface area contributed by atoms with Crippen LogP contribution >= 0.6 is 15.9 Å². The van der Waals surface area contributed by atoms with Crippen molar-refractivity contribution in [3.8, 4) is 0 Å². The molecule has 0 unspecified atom stereocenters. The molecule has 0 aliphatic heterocycles. The third-order valence-electron chi connectivity index (χ3n) is 2.48. The highest BCUT2D eigenvalue weighted by molar-refractivity contribution is 9.10. The molecular formula is C10H9BrFN5O2. The lowest BCUT2D eigenvalue weighted by molar-refractivity contribution is -0.384. The minimum Gasteiger partial charge on any atom is -0.372 e. The number of aryl methyl sites for hydroxylation is 1. The lowest BCUT2D eigenvalue weighted by Crippen LogP contribution is -2.07. The third-order valence-corrected chi connectivity index (χ3v) is 3.09. The first-order valence-electron chi connectivity index (χ1n) is 5.19. The number of halogens is 2. The monoisotopic (exact) mass is 329 g/mol. The van der Waals surface area contributed by atoms with Gasteiger partial charge >= 0.3 is 0 Å². The van der Waals surface area contributed by atoms with Crippen molar-refractivity contribution >= 4 is 27.3 Å². The molecule has 0 bridgehead atoms. The molecule has 100 valence electrons. The Morgan fingerprint density at radius 2 is 2.32 bits per heavy atom. The Balaban J connectivity index is 2.26. The van der Waals surface area contributed by atoms with E-state index in [9.17, 15) is 14.5 Å². The molecule has 0 radical (unpaired) electrons. The van der Waals surface area contributed by atoms with E-state index in [1.165, 1.54) is 12.4 Å². The number of anilines is 1. The number of hydrogen-bond donors (Lipinski definition) is 1. The molecule has 2 rings (SSSR count). The van der Waals surface area contributed by atoms with Crippen LogP contribution in [-0.2, 0) is 13.6 Å². The van der Waals surface area contributed by atoms with Gasteiger partial charge in [-0.3, -0.25) is 10.1 Å². The number of nitrogens with one attached hydrogen (secondary N) is 1. The van der Waals surface area contributed by atoms with E-state index in [0.717, 1.165) is 6.07 Å². The van der Waals surface area contributed by atoms with Crippen molar-refractivity contribution in [2.75, 3.05) is 5.32 Å². The van der Waals surface area contributed by atoms with Crippen molar-refractivity contribution in [2.24, 2.45) is 7.05 Å². The molecule has 0 fully saturated rings. The molecule has 1 aromatic heterocycles. The highest BCUT2D eigenvalue weighted by Crippen LogP contribution is 2.30. The van der Waals surface area contributed by atoms with E-state index in [-0.39, 0.29) is 22.4 Å². The van der Waals surface area contributed by atoms with Crippen LogP contribution in [-0.4, -0.2) is 19.7 Å². The van der Waals surface area contributed by atoms with Gasteiger partial charge in [0.15, 0.2) is 5.82 Å². The van der Waals surface area contributed by atoms with Gasteiger partial charge in [0.2, 0.25) is 0 Å². The fourth-order valence-electron chi connectivity index (χ4n) is 1.47.